The lowest BCUT2D eigenvalue weighted by Gasteiger charge is -2.30. The summed E-state index contributed by atoms with van der Waals surface area (Å²) in [4.78, 5) is 27.7. The first kappa shape index (κ1) is 25.0. The number of methoxy groups -OCH3 is 3. The van der Waals surface area contributed by atoms with Crippen LogP contribution >= 0.6 is 0 Å². The van der Waals surface area contributed by atoms with Crippen LogP contribution in [0, 0.1) is 0 Å². The van der Waals surface area contributed by atoms with Gasteiger partial charge < -0.3 is 24.4 Å². The molecule has 32 heavy (non-hydrogen) atoms. The van der Waals surface area contributed by atoms with Crippen molar-refractivity contribution in [2.24, 2.45) is 0 Å². The minimum Gasteiger partial charge on any atom is -0.497 e. The third-order valence-corrected chi connectivity index (χ3v) is 5.32. The van der Waals surface area contributed by atoms with Crippen LogP contribution in [0.2, 0.25) is 0 Å². The van der Waals surface area contributed by atoms with Gasteiger partial charge in [-0.05, 0) is 55.2 Å². The topological polar surface area (TPSA) is 77.1 Å². The number of hydrogen-bond acceptors (Lipinski definition) is 5. The molecule has 0 aliphatic rings. The maximum absolute atomic E-state index is 13.3. The molecule has 0 unspecified atom stereocenters. The molecule has 0 aromatic heterocycles. The molecule has 0 bridgehead atoms. The summed E-state index contributed by atoms with van der Waals surface area (Å²) in [7, 11) is 4.78. The van der Waals surface area contributed by atoms with Gasteiger partial charge in [-0.25, -0.2) is 0 Å². The van der Waals surface area contributed by atoms with Gasteiger partial charge in [0.25, 0.3) is 0 Å². The van der Waals surface area contributed by atoms with Gasteiger partial charge in [0.2, 0.25) is 11.8 Å². The number of carbonyl (C=O) groups is 2. The maximum Gasteiger partial charge on any atom is 0.242 e. The normalized spacial score (nSPS) is 11.4. The molecule has 0 heterocycles. The Balaban J connectivity index is 2.20. The van der Waals surface area contributed by atoms with Crippen LogP contribution in [0.4, 0.5) is 0 Å². The van der Waals surface area contributed by atoms with Crippen LogP contribution in [0.25, 0.3) is 0 Å². The Kier molecular flexibility index (Phi) is 9.85. The molecule has 2 aromatic carbocycles. The number of hydrogen-bond donors (Lipinski definition) is 1. The van der Waals surface area contributed by atoms with Crippen molar-refractivity contribution >= 4 is 11.8 Å². The summed E-state index contributed by atoms with van der Waals surface area (Å²) in [6, 6.07) is 12.6. The Morgan fingerprint density at radius 2 is 1.56 bits per heavy atom. The first-order chi connectivity index (χ1) is 15.5. The zero-order chi connectivity index (χ0) is 23.5. The van der Waals surface area contributed by atoms with Gasteiger partial charge >= 0.3 is 0 Å². The smallest absolute Gasteiger partial charge is 0.242 e. The third kappa shape index (κ3) is 6.64. The number of aryl methyl sites for hydroxylation is 1. The van der Waals surface area contributed by atoms with E-state index in [0.717, 1.165) is 16.9 Å². The van der Waals surface area contributed by atoms with Crippen molar-refractivity contribution in [2.45, 2.75) is 45.7 Å². The van der Waals surface area contributed by atoms with E-state index in [1.165, 1.54) is 0 Å². The van der Waals surface area contributed by atoms with Gasteiger partial charge in [-0.2, -0.15) is 0 Å². The summed E-state index contributed by atoms with van der Waals surface area (Å²) in [5, 5.41) is 2.85. The van der Waals surface area contributed by atoms with Crippen LogP contribution in [-0.2, 0) is 22.6 Å². The largest absolute Gasteiger partial charge is 0.497 e. The summed E-state index contributed by atoms with van der Waals surface area (Å²) in [6.07, 6.45) is 1.34. The number of rotatable bonds is 12. The van der Waals surface area contributed by atoms with Crippen molar-refractivity contribution in [3.05, 3.63) is 53.6 Å². The van der Waals surface area contributed by atoms with E-state index in [1.54, 1.807) is 26.2 Å². The summed E-state index contributed by atoms with van der Waals surface area (Å²) < 4.78 is 15.9. The third-order valence-electron chi connectivity index (χ3n) is 5.32. The zero-order valence-electron chi connectivity index (χ0n) is 19.6. The molecule has 0 fully saturated rings. The van der Waals surface area contributed by atoms with Gasteiger partial charge in [0.15, 0.2) is 11.5 Å². The summed E-state index contributed by atoms with van der Waals surface area (Å²) in [6.45, 7) is 4.66. The monoisotopic (exact) mass is 442 g/mol. The highest BCUT2D eigenvalue weighted by Gasteiger charge is 2.28. The molecule has 0 saturated carbocycles. The molecule has 0 aliphatic heterocycles. The zero-order valence-corrected chi connectivity index (χ0v) is 19.6. The van der Waals surface area contributed by atoms with E-state index in [0.29, 0.717) is 37.4 Å². The molecule has 0 saturated heterocycles. The fourth-order valence-electron chi connectivity index (χ4n) is 3.57. The Morgan fingerprint density at radius 3 is 2.12 bits per heavy atom. The second-order valence-electron chi connectivity index (χ2n) is 7.38. The second kappa shape index (κ2) is 12.6. The maximum atomic E-state index is 13.3. The van der Waals surface area contributed by atoms with Crippen molar-refractivity contribution in [3.63, 3.8) is 0 Å². The number of ether oxygens (including phenoxy) is 3. The average Bonchev–Trinajstić information content (AvgIpc) is 2.82. The number of likely N-dealkylation sites (N-methyl/N-ethyl adjacent to an activating group) is 1. The van der Waals surface area contributed by atoms with Crippen LogP contribution in [-0.4, -0.2) is 50.6 Å². The minimum absolute atomic E-state index is 0.0753. The molecule has 174 valence electrons. The summed E-state index contributed by atoms with van der Waals surface area (Å²) in [5.74, 6) is 1.81. The first-order valence-corrected chi connectivity index (χ1v) is 10.9. The lowest BCUT2D eigenvalue weighted by molar-refractivity contribution is -0.141. The van der Waals surface area contributed by atoms with Crippen LogP contribution < -0.4 is 19.5 Å². The Labute approximate surface area is 190 Å². The fourth-order valence-corrected chi connectivity index (χ4v) is 3.57. The van der Waals surface area contributed by atoms with E-state index >= 15 is 0 Å². The molecule has 0 radical (unpaired) electrons. The van der Waals surface area contributed by atoms with E-state index < -0.39 is 6.04 Å². The number of nitrogens with zero attached hydrogens (tertiary/aromatic N) is 1. The van der Waals surface area contributed by atoms with Crippen LogP contribution in [0.1, 0.15) is 37.8 Å². The van der Waals surface area contributed by atoms with Gasteiger partial charge in [-0.1, -0.05) is 25.1 Å². The Bertz CT molecular complexity index is 882. The lowest BCUT2D eigenvalue weighted by atomic mass is 10.1. The first-order valence-electron chi connectivity index (χ1n) is 10.9. The number of benzene rings is 2. The quantitative estimate of drug-likeness (QED) is 0.544. The molecular weight excluding hydrogens is 408 g/mol. The predicted octanol–water partition coefficient (Wildman–Crippen LogP) is 3.59. The molecule has 2 aromatic rings. The molecule has 2 rings (SSSR count). The predicted molar refractivity (Wildman–Crippen MR) is 124 cm³/mol. The van der Waals surface area contributed by atoms with Crippen molar-refractivity contribution < 1.29 is 23.8 Å². The molecule has 2 amide bonds. The highest BCUT2D eigenvalue weighted by molar-refractivity contribution is 5.87. The number of amides is 2. The molecule has 1 N–H and O–H groups in total. The second-order valence-corrected chi connectivity index (χ2v) is 7.38. The van der Waals surface area contributed by atoms with E-state index in [-0.39, 0.29) is 18.2 Å². The lowest BCUT2D eigenvalue weighted by Crippen LogP contribution is -2.49. The van der Waals surface area contributed by atoms with E-state index in [1.807, 2.05) is 56.3 Å². The van der Waals surface area contributed by atoms with Crippen LogP contribution in [0.3, 0.4) is 0 Å². The standard InChI is InChI=1S/C25H34N2O5/c1-6-21(25(29)26-7-2)27(17-19-8-12-20(30-3)13-9-19)24(28)15-11-18-10-14-22(31-4)23(16-18)32-5/h8-10,12-14,16,21H,6-7,11,15,17H2,1-5H3,(H,26,29)/t21-/m0/s1. The Morgan fingerprint density at radius 1 is 0.906 bits per heavy atom. The van der Waals surface area contributed by atoms with Crippen LogP contribution in [0.15, 0.2) is 42.5 Å². The number of carbonyl (C=O) groups excluding carboxylic acids is 2. The van der Waals surface area contributed by atoms with Crippen LogP contribution in [0.5, 0.6) is 17.2 Å². The van der Waals surface area contributed by atoms with E-state index in [9.17, 15) is 9.59 Å². The fraction of sp³-hybridized carbons (Fsp3) is 0.440. The van der Waals surface area contributed by atoms with Gasteiger partial charge in [0, 0.05) is 19.5 Å². The molecule has 0 spiro atoms. The SMILES string of the molecule is CCNC(=O)[C@H](CC)N(Cc1ccc(OC)cc1)C(=O)CCc1ccc(OC)c(OC)c1. The van der Waals surface area contributed by atoms with E-state index in [2.05, 4.69) is 5.32 Å². The minimum atomic E-state index is -0.532. The molecular formula is C25H34N2O5. The van der Waals surface area contributed by atoms with Gasteiger partial charge in [0.05, 0.1) is 21.3 Å². The molecule has 0 aliphatic carbocycles. The van der Waals surface area contributed by atoms with Crippen molar-refractivity contribution in [1.29, 1.82) is 0 Å². The van der Waals surface area contributed by atoms with Gasteiger partial charge in [-0.3, -0.25) is 9.59 Å². The van der Waals surface area contributed by atoms with Crippen molar-refractivity contribution in [1.82, 2.24) is 10.2 Å². The van der Waals surface area contributed by atoms with Crippen molar-refractivity contribution in [3.8, 4) is 17.2 Å². The summed E-state index contributed by atoms with van der Waals surface area (Å²) in [5.41, 5.74) is 1.90. The molecule has 7 nitrogen and oxygen atoms in total. The van der Waals surface area contributed by atoms with E-state index in [4.69, 9.17) is 14.2 Å². The molecule has 7 heteroatoms. The average molecular weight is 443 g/mol. The van der Waals surface area contributed by atoms with Gasteiger partial charge in [0.1, 0.15) is 11.8 Å². The summed E-state index contributed by atoms with van der Waals surface area (Å²) >= 11 is 0. The van der Waals surface area contributed by atoms with Crippen molar-refractivity contribution in [2.75, 3.05) is 27.9 Å². The highest BCUT2D eigenvalue weighted by Crippen LogP contribution is 2.28. The molecule has 1 atom stereocenters. The highest BCUT2D eigenvalue weighted by atomic mass is 16.5. The number of nitrogens with one attached hydrogen (secondary N) is 1. The van der Waals surface area contributed by atoms with Gasteiger partial charge in [-0.15, -0.1) is 0 Å². The Hall–Kier alpha value is -3.22.